The summed E-state index contributed by atoms with van der Waals surface area (Å²) < 4.78 is 19.5. The molecule has 1 amide bonds. The summed E-state index contributed by atoms with van der Waals surface area (Å²) in [5.41, 5.74) is 0.892. The summed E-state index contributed by atoms with van der Waals surface area (Å²) in [7, 11) is -1.23. The van der Waals surface area contributed by atoms with Crippen molar-refractivity contribution >= 4 is 40.4 Å². The van der Waals surface area contributed by atoms with E-state index in [9.17, 15) is 9.00 Å². The number of carbonyl (C=O) groups excluding carboxylic acids is 1. The van der Waals surface area contributed by atoms with E-state index in [-0.39, 0.29) is 0 Å². The molecule has 1 aliphatic rings. The summed E-state index contributed by atoms with van der Waals surface area (Å²) in [6, 6.07) is 14.8. The Labute approximate surface area is 161 Å². The predicted octanol–water partition coefficient (Wildman–Crippen LogP) is 5.61. The number of nitrogens with zero attached hydrogens (tertiary/aromatic N) is 1. The van der Waals surface area contributed by atoms with E-state index in [1.807, 2.05) is 71.0 Å². The number of ether oxygens (including phenoxy) is 1. The van der Waals surface area contributed by atoms with Crippen LogP contribution in [-0.2, 0) is 15.7 Å². The van der Waals surface area contributed by atoms with Crippen molar-refractivity contribution in [3.05, 3.63) is 48.5 Å². The summed E-state index contributed by atoms with van der Waals surface area (Å²) in [5, 5.41) is 2.68. The van der Waals surface area contributed by atoms with E-state index in [1.54, 1.807) is 15.8 Å². The average molecular weight is 393 g/mol. The topological polar surface area (TPSA) is 58.6 Å². The second kappa shape index (κ2) is 8.60. The number of rotatable bonds is 2. The second-order valence-electron chi connectivity index (χ2n) is 6.22. The van der Waals surface area contributed by atoms with Crippen LogP contribution < -0.4 is 9.03 Å². The van der Waals surface area contributed by atoms with Crippen LogP contribution in [0, 0.1) is 0 Å². The third-order valence-corrected chi connectivity index (χ3v) is 6.03. The molecule has 1 N–H and O–H groups in total. The van der Waals surface area contributed by atoms with E-state index in [1.165, 1.54) is 11.9 Å². The quantitative estimate of drug-likeness (QED) is 0.675. The number of anilines is 2. The number of carbonyl (C=O) groups is 1. The zero-order valence-electron chi connectivity index (χ0n) is 15.6. The SMILES string of the molecule is CC.CC(C)(C)OC(=O)Nc1ccc(N2Sc3ccccc3S2=O)cc1. The minimum absolute atomic E-state index is 0.498. The van der Waals surface area contributed by atoms with Gasteiger partial charge in [0.2, 0.25) is 0 Å². The zero-order chi connectivity index (χ0) is 19.3. The predicted molar refractivity (Wildman–Crippen MR) is 109 cm³/mol. The van der Waals surface area contributed by atoms with Crippen LogP contribution in [-0.4, -0.2) is 15.9 Å². The second-order valence-corrected chi connectivity index (χ2v) is 8.74. The molecule has 0 saturated heterocycles. The minimum Gasteiger partial charge on any atom is -0.444 e. The van der Waals surface area contributed by atoms with Gasteiger partial charge in [-0.3, -0.25) is 5.32 Å². The maximum Gasteiger partial charge on any atom is 0.412 e. The van der Waals surface area contributed by atoms with Gasteiger partial charge in [0, 0.05) is 22.5 Å². The number of amides is 1. The van der Waals surface area contributed by atoms with E-state index in [2.05, 4.69) is 5.32 Å². The Kier molecular flexibility index (Phi) is 6.72. The lowest BCUT2D eigenvalue weighted by atomic mass is 10.2. The monoisotopic (exact) mass is 392 g/mol. The van der Waals surface area contributed by atoms with Crippen LogP contribution in [0.2, 0.25) is 0 Å². The Morgan fingerprint density at radius 3 is 2.27 bits per heavy atom. The molecule has 5 nitrogen and oxygen atoms in total. The Bertz CT molecular complexity index is 786. The van der Waals surface area contributed by atoms with Gasteiger partial charge in [0.05, 0.1) is 10.6 Å². The number of hydrogen-bond donors (Lipinski definition) is 1. The molecule has 0 aliphatic carbocycles. The highest BCUT2D eigenvalue weighted by Gasteiger charge is 2.28. The summed E-state index contributed by atoms with van der Waals surface area (Å²) in [4.78, 5) is 13.6. The first kappa shape index (κ1) is 20.3. The molecule has 1 heterocycles. The molecule has 3 rings (SSSR count). The summed E-state index contributed by atoms with van der Waals surface area (Å²) >= 11 is 1.45. The lowest BCUT2D eigenvalue weighted by molar-refractivity contribution is 0.0636. The van der Waals surface area contributed by atoms with Crippen LogP contribution in [0.1, 0.15) is 34.6 Å². The molecule has 1 unspecified atom stereocenters. The van der Waals surface area contributed by atoms with Crippen molar-refractivity contribution in [2.24, 2.45) is 0 Å². The average Bonchev–Trinajstić information content (AvgIpc) is 2.93. The van der Waals surface area contributed by atoms with Crippen molar-refractivity contribution in [2.75, 3.05) is 9.03 Å². The Morgan fingerprint density at radius 2 is 1.69 bits per heavy atom. The molecular weight excluding hydrogens is 368 g/mol. The standard InChI is InChI=1S/C17H18N2O3S2.C2H6/c1-17(2,3)22-16(20)18-12-8-10-13(11-9-12)19-23-14-6-4-5-7-15(14)24(19)21;1-2/h4-11H,1-3H3,(H,18,20);1-2H3. The lowest BCUT2D eigenvalue weighted by Gasteiger charge is -2.20. The highest BCUT2D eigenvalue weighted by molar-refractivity contribution is 8.14. The fourth-order valence-electron chi connectivity index (χ4n) is 2.12. The van der Waals surface area contributed by atoms with Crippen molar-refractivity contribution in [1.82, 2.24) is 0 Å². The number of benzene rings is 2. The molecule has 0 aromatic heterocycles. The van der Waals surface area contributed by atoms with Gasteiger partial charge in [-0.25, -0.2) is 12.7 Å². The van der Waals surface area contributed by atoms with Gasteiger partial charge in [-0.2, -0.15) is 0 Å². The molecule has 1 aliphatic heterocycles. The smallest absolute Gasteiger partial charge is 0.412 e. The maximum atomic E-state index is 12.5. The first-order valence-corrected chi connectivity index (χ1v) is 10.3. The first-order chi connectivity index (χ1) is 12.3. The van der Waals surface area contributed by atoms with Gasteiger partial charge in [0.25, 0.3) is 0 Å². The van der Waals surface area contributed by atoms with Crippen LogP contribution >= 0.6 is 11.9 Å². The Hall–Kier alpha value is -1.99. The van der Waals surface area contributed by atoms with Crippen molar-refractivity contribution in [2.45, 2.75) is 50.0 Å². The summed E-state index contributed by atoms with van der Waals surface area (Å²) in [6.45, 7) is 9.44. The maximum absolute atomic E-state index is 12.5. The van der Waals surface area contributed by atoms with Gasteiger partial charge in [0.1, 0.15) is 5.60 Å². The summed E-state index contributed by atoms with van der Waals surface area (Å²) in [6.07, 6.45) is -0.498. The Morgan fingerprint density at radius 1 is 1.08 bits per heavy atom. The van der Waals surface area contributed by atoms with Crippen LogP contribution in [0.5, 0.6) is 0 Å². The fraction of sp³-hybridized carbons (Fsp3) is 0.316. The van der Waals surface area contributed by atoms with Gasteiger partial charge >= 0.3 is 6.09 Å². The van der Waals surface area contributed by atoms with Crippen LogP contribution in [0.3, 0.4) is 0 Å². The molecule has 2 aromatic rings. The minimum atomic E-state index is -1.23. The highest BCUT2D eigenvalue weighted by atomic mass is 32.2. The molecule has 1 atom stereocenters. The third-order valence-electron chi connectivity index (χ3n) is 3.09. The molecule has 0 fully saturated rings. The van der Waals surface area contributed by atoms with Crippen LogP contribution in [0.4, 0.5) is 16.2 Å². The first-order valence-electron chi connectivity index (χ1n) is 8.42. The third kappa shape index (κ3) is 5.02. The largest absolute Gasteiger partial charge is 0.444 e. The van der Waals surface area contributed by atoms with Gasteiger partial charge in [0.15, 0.2) is 11.0 Å². The molecule has 26 heavy (non-hydrogen) atoms. The van der Waals surface area contributed by atoms with Crippen molar-refractivity contribution in [3.8, 4) is 0 Å². The molecule has 0 bridgehead atoms. The van der Waals surface area contributed by atoms with E-state index in [0.29, 0.717) is 5.69 Å². The van der Waals surface area contributed by atoms with E-state index < -0.39 is 22.7 Å². The molecule has 2 aromatic carbocycles. The van der Waals surface area contributed by atoms with E-state index in [0.717, 1.165) is 15.5 Å². The van der Waals surface area contributed by atoms with Gasteiger partial charge in [-0.1, -0.05) is 26.0 Å². The Balaban J connectivity index is 0.00000117. The molecule has 140 valence electrons. The van der Waals surface area contributed by atoms with Crippen molar-refractivity contribution < 1.29 is 13.7 Å². The molecule has 0 radical (unpaired) electrons. The molecule has 0 saturated carbocycles. The van der Waals surface area contributed by atoms with Gasteiger partial charge in [-0.05, 0) is 57.2 Å². The summed E-state index contributed by atoms with van der Waals surface area (Å²) in [5.74, 6) is 0. The van der Waals surface area contributed by atoms with E-state index >= 15 is 0 Å². The fourth-order valence-corrected chi connectivity index (χ4v) is 4.83. The van der Waals surface area contributed by atoms with E-state index in [4.69, 9.17) is 4.74 Å². The van der Waals surface area contributed by atoms with Crippen molar-refractivity contribution in [1.29, 1.82) is 0 Å². The molecule has 0 spiro atoms. The van der Waals surface area contributed by atoms with Gasteiger partial charge in [-0.15, -0.1) is 0 Å². The zero-order valence-corrected chi connectivity index (χ0v) is 17.2. The normalized spacial score (nSPS) is 15.6. The molecule has 7 heteroatoms. The number of hydrogen-bond acceptors (Lipinski definition) is 4. The van der Waals surface area contributed by atoms with Crippen molar-refractivity contribution in [3.63, 3.8) is 0 Å². The number of nitrogens with one attached hydrogen (secondary N) is 1. The van der Waals surface area contributed by atoms with Crippen LogP contribution in [0.15, 0.2) is 58.3 Å². The van der Waals surface area contributed by atoms with Crippen LogP contribution in [0.25, 0.3) is 0 Å². The highest BCUT2D eigenvalue weighted by Crippen LogP contribution is 2.42. The molecular formula is C19H24N2O3S2. The number of fused-ring (bicyclic) bond motifs is 1. The van der Waals surface area contributed by atoms with Gasteiger partial charge < -0.3 is 4.74 Å². The lowest BCUT2D eigenvalue weighted by Crippen LogP contribution is -2.27.